The number of carbonyl (C=O) groups is 1. The van der Waals surface area contributed by atoms with Crippen molar-refractivity contribution in [2.24, 2.45) is 4.99 Å². The summed E-state index contributed by atoms with van der Waals surface area (Å²) in [6.45, 7) is 1.40. The van der Waals surface area contributed by atoms with Gasteiger partial charge in [-0.15, -0.1) is 0 Å². The zero-order valence-corrected chi connectivity index (χ0v) is 15.5. The summed E-state index contributed by atoms with van der Waals surface area (Å²) in [6, 6.07) is 10.5. The SMILES string of the molecule is CC(N=C1NS(=O)(=O)c2ccccc21)C(=O)OCc1cc(-c2ccco2)on1. The number of sulfonamides is 1. The maximum atomic E-state index is 12.2. The first-order chi connectivity index (χ1) is 13.4. The molecule has 1 unspecified atom stereocenters. The van der Waals surface area contributed by atoms with E-state index >= 15 is 0 Å². The zero-order chi connectivity index (χ0) is 19.7. The van der Waals surface area contributed by atoms with Crippen molar-refractivity contribution in [2.45, 2.75) is 24.5 Å². The van der Waals surface area contributed by atoms with Gasteiger partial charge in [-0.1, -0.05) is 17.3 Å². The maximum Gasteiger partial charge on any atom is 0.331 e. The number of ether oxygens (including phenoxy) is 1. The minimum atomic E-state index is -3.66. The molecule has 0 amide bonds. The molecule has 144 valence electrons. The molecule has 3 heterocycles. The number of aromatic nitrogens is 1. The number of esters is 1. The lowest BCUT2D eigenvalue weighted by Crippen LogP contribution is -2.26. The van der Waals surface area contributed by atoms with Crippen molar-refractivity contribution in [1.29, 1.82) is 0 Å². The summed E-state index contributed by atoms with van der Waals surface area (Å²) in [6.07, 6.45) is 1.51. The highest BCUT2D eigenvalue weighted by molar-refractivity contribution is 7.90. The molecule has 1 N–H and O–H groups in total. The monoisotopic (exact) mass is 401 g/mol. The fourth-order valence-electron chi connectivity index (χ4n) is 2.66. The van der Waals surface area contributed by atoms with Gasteiger partial charge in [-0.3, -0.25) is 9.71 Å². The van der Waals surface area contributed by atoms with Crippen LogP contribution in [0.1, 0.15) is 18.2 Å². The molecule has 3 aromatic rings. The Kier molecular flexibility index (Phi) is 4.47. The molecule has 0 bridgehead atoms. The second kappa shape index (κ2) is 6.97. The van der Waals surface area contributed by atoms with Gasteiger partial charge in [0.05, 0.1) is 11.2 Å². The summed E-state index contributed by atoms with van der Waals surface area (Å²) >= 11 is 0. The van der Waals surface area contributed by atoms with Gasteiger partial charge in [0.2, 0.25) is 5.76 Å². The van der Waals surface area contributed by atoms with Gasteiger partial charge >= 0.3 is 5.97 Å². The summed E-state index contributed by atoms with van der Waals surface area (Å²) in [4.78, 5) is 16.5. The highest BCUT2D eigenvalue weighted by Gasteiger charge is 2.31. The summed E-state index contributed by atoms with van der Waals surface area (Å²) in [5.41, 5.74) is 0.827. The Balaban J connectivity index is 1.43. The molecule has 9 nitrogen and oxygen atoms in total. The van der Waals surface area contributed by atoms with Gasteiger partial charge in [-0.25, -0.2) is 13.2 Å². The van der Waals surface area contributed by atoms with Gasteiger partial charge in [-0.2, -0.15) is 0 Å². The number of amidine groups is 1. The van der Waals surface area contributed by atoms with E-state index in [-0.39, 0.29) is 17.3 Å². The highest BCUT2D eigenvalue weighted by atomic mass is 32.2. The molecule has 2 aromatic heterocycles. The van der Waals surface area contributed by atoms with E-state index in [1.54, 1.807) is 36.4 Å². The van der Waals surface area contributed by atoms with E-state index in [2.05, 4.69) is 14.9 Å². The molecule has 0 spiro atoms. The molecule has 1 aromatic carbocycles. The molecule has 28 heavy (non-hydrogen) atoms. The number of nitrogens with one attached hydrogen (secondary N) is 1. The van der Waals surface area contributed by atoms with Crippen molar-refractivity contribution in [3.63, 3.8) is 0 Å². The lowest BCUT2D eigenvalue weighted by atomic mass is 10.2. The molecule has 0 saturated carbocycles. The second-order valence-electron chi connectivity index (χ2n) is 6.02. The standard InChI is InChI=1S/C18H15N3O6S/c1-11(19-17-13-5-2-3-7-16(13)28(23,24)21-17)18(22)26-10-12-9-15(27-20-12)14-6-4-8-25-14/h2-9,11H,10H2,1H3,(H,19,21). The van der Waals surface area contributed by atoms with Crippen LogP contribution in [0.15, 0.2) is 67.6 Å². The Bertz CT molecular complexity index is 1150. The van der Waals surface area contributed by atoms with Gasteiger partial charge in [0.15, 0.2) is 5.76 Å². The summed E-state index contributed by atoms with van der Waals surface area (Å²) < 4.78 is 42.1. The van der Waals surface area contributed by atoms with E-state index < -0.39 is 22.0 Å². The average molecular weight is 401 g/mol. The first-order valence-corrected chi connectivity index (χ1v) is 9.78. The number of hydrogen-bond donors (Lipinski definition) is 1. The minimum absolute atomic E-state index is 0.111. The molecular weight excluding hydrogens is 386 g/mol. The Morgan fingerprint density at radius 1 is 1.25 bits per heavy atom. The largest absolute Gasteiger partial charge is 0.461 e. The number of fused-ring (bicyclic) bond motifs is 1. The smallest absolute Gasteiger partial charge is 0.331 e. The number of hydrogen-bond acceptors (Lipinski definition) is 8. The van der Waals surface area contributed by atoms with Crippen LogP contribution in [-0.2, 0) is 26.2 Å². The normalized spacial score (nSPS) is 17.1. The van der Waals surface area contributed by atoms with E-state index in [9.17, 15) is 13.2 Å². The van der Waals surface area contributed by atoms with Crippen molar-refractivity contribution in [3.8, 4) is 11.5 Å². The lowest BCUT2D eigenvalue weighted by Gasteiger charge is -2.07. The van der Waals surface area contributed by atoms with Crippen molar-refractivity contribution in [1.82, 2.24) is 9.88 Å². The van der Waals surface area contributed by atoms with Crippen LogP contribution < -0.4 is 4.72 Å². The van der Waals surface area contributed by atoms with E-state index in [4.69, 9.17) is 13.7 Å². The highest BCUT2D eigenvalue weighted by Crippen LogP contribution is 2.23. The van der Waals surface area contributed by atoms with Crippen LogP contribution in [0.4, 0.5) is 0 Å². The van der Waals surface area contributed by atoms with Crippen LogP contribution in [-0.4, -0.2) is 31.4 Å². The van der Waals surface area contributed by atoms with E-state index in [0.717, 1.165) is 0 Å². The van der Waals surface area contributed by atoms with Gasteiger partial charge in [0, 0.05) is 11.6 Å². The molecule has 1 aliphatic heterocycles. The maximum absolute atomic E-state index is 12.2. The molecule has 0 fully saturated rings. The first-order valence-electron chi connectivity index (χ1n) is 8.30. The second-order valence-corrected chi connectivity index (χ2v) is 7.67. The van der Waals surface area contributed by atoms with E-state index in [0.29, 0.717) is 22.8 Å². The van der Waals surface area contributed by atoms with Gasteiger partial charge < -0.3 is 13.7 Å². The van der Waals surface area contributed by atoms with Gasteiger partial charge in [0.25, 0.3) is 10.0 Å². The van der Waals surface area contributed by atoms with Crippen LogP contribution >= 0.6 is 0 Å². The molecule has 1 atom stereocenters. The third-order valence-electron chi connectivity index (χ3n) is 4.01. The van der Waals surface area contributed by atoms with Crippen LogP contribution in [0.5, 0.6) is 0 Å². The number of carbonyl (C=O) groups excluding carboxylic acids is 1. The third-order valence-corrected chi connectivity index (χ3v) is 5.41. The zero-order valence-electron chi connectivity index (χ0n) is 14.7. The predicted octanol–water partition coefficient (Wildman–Crippen LogP) is 2.10. The third kappa shape index (κ3) is 3.41. The fourth-order valence-corrected chi connectivity index (χ4v) is 3.90. The lowest BCUT2D eigenvalue weighted by molar-refractivity contribution is -0.146. The summed E-state index contributed by atoms with van der Waals surface area (Å²) in [7, 11) is -3.66. The summed E-state index contributed by atoms with van der Waals surface area (Å²) in [5, 5.41) is 3.82. The molecular formula is C18H15N3O6S. The molecule has 1 aliphatic rings. The van der Waals surface area contributed by atoms with Gasteiger partial charge in [-0.05, 0) is 31.2 Å². The Morgan fingerprint density at radius 2 is 2.07 bits per heavy atom. The quantitative estimate of drug-likeness (QED) is 0.649. The predicted molar refractivity (Wildman–Crippen MR) is 96.8 cm³/mol. The fraction of sp³-hybridized carbons (Fsp3) is 0.167. The number of rotatable bonds is 5. The van der Waals surface area contributed by atoms with Crippen molar-refractivity contribution < 1.29 is 26.9 Å². The van der Waals surface area contributed by atoms with Crippen molar-refractivity contribution >= 4 is 21.8 Å². The van der Waals surface area contributed by atoms with Crippen LogP contribution in [0.2, 0.25) is 0 Å². The molecule has 4 rings (SSSR count). The number of nitrogens with zero attached hydrogens (tertiary/aromatic N) is 2. The first kappa shape index (κ1) is 18.0. The Labute approximate surface area is 160 Å². The van der Waals surface area contributed by atoms with Crippen LogP contribution in [0, 0.1) is 0 Å². The van der Waals surface area contributed by atoms with Gasteiger partial charge in [0.1, 0.15) is 24.2 Å². The number of furan rings is 1. The van der Waals surface area contributed by atoms with Crippen molar-refractivity contribution in [2.75, 3.05) is 0 Å². The molecule has 0 saturated heterocycles. The summed E-state index contributed by atoms with van der Waals surface area (Å²) in [5.74, 6) is 0.415. The molecule has 0 radical (unpaired) electrons. The number of benzene rings is 1. The van der Waals surface area contributed by atoms with E-state index in [1.165, 1.54) is 19.3 Å². The average Bonchev–Trinajstić information content (AvgIpc) is 3.40. The van der Waals surface area contributed by atoms with E-state index in [1.807, 2.05) is 0 Å². The topological polar surface area (TPSA) is 124 Å². The number of aliphatic imine (C=N–C) groups is 1. The van der Waals surface area contributed by atoms with Crippen LogP contribution in [0.25, 0.3) is 11.5 Å². The van der Waals surface area contributed by atoms with Crippen LogP contribution in [0.3, 0.4) is 0 Å². The van der Waals surface area contributed by atoms with Crippen molar-refractivity contribution in [3.05, 3.63) is 60.0 Å². The minimum Gasteiger partial charge on any atom is -0.461 e. The molecule has 10 heteroatoms. The molecule has 0 aliphatic carbocycles. The Morgan fingerprint density at radius 3 is 2.86 bits per heavy atom. The Hall–Kier alpha value is -3.40.